The smallest absolute Gasteiger partial charge is 0.0375 e. The molecule has 0 radical (unpaired) electrons. The third-order valence-electron chi connectivity index (χ3n) is 3.78. The Hall–Kier alpha value is -0.800. The molecule has 2 rings (SSSR count). The molecule has 90 valence electrons. The lowest BCUT2D eigenvalue weighted by molar-refractivity contribution is 0.281. The first-order valence-electron chi connectivity index (χ1n) is 6.19. The second-order valence-corrected chi connectivity index (χ2v) is 5.18. The molecule has 0 aliphatic heterocycles. The lowest BCUT2D eigenvalue weighted by Crippen LogP contribution is -2.30. The summed E-state index contributed by atoms with van der Waals surface area (Å²) in [6.45, 7) is 3.32. The van der Waals surface area contributed by atoms with Crippen molar-refractivity contribution in [2.75, 3.05) is 14.1 Å². The Labute approximate surface area is 98.2 Å². The van der Waals surface area contributed by atoms with Crippen molar-refractivity contribution in [1.29, 1.82) is 0 Å². The summed E-state index contributed by atoms with van der Waals surface area (Å²) in [5, 5.41) is 0. The van der Waals surface area contributed by atoms with E-state index in [0.29, 0.717) is 6.04 Å². The number of aromatic nitrogens is 1. The van der Waals surface area contributed by atoms with Crippen molar-refractivity contribution in [2.45, 2.75) is 44.8 Å². The molecule has 0 saturated heterocycles. The van der Waals surface area contributed by atoms with Gasteiger partial charge in [-0.2, -0.15) is 0 Å². The fraction of sp³-hybridized carbons (Fsp3) is 0.692. The highest BCUT2D eigenvalue weighted by Gasteiger charge is 2.20. The van der Waals surface area contributed by atoms with Crippen LogP contribution in [0.2, 0.25) is 0 Å². The molecule has 1 aliphatic rings. The van der Waals surface area contributed by atoms with Crippen molar-refractivity contribution in [3.8, 4) is 0 Å². The van der Waals surface area contributed by atoms with E-state index in [0.717, 1.165) is 13.0 Å². The van der Waals surface area contributed by atoms with Gasteiger partial charge in [0.15, 0.2) is 0 Å². The molecule has 1 aliphatic carbocycles. The minimum Gasteiger partial charge on any atom is -0.350 e. The SMILES string of the molecule is CC(Cn1ccc2c1CCCC2N)N(C)C. The summed E-state index contributed by atoms with van der Waals surface area (Å²) >= 11 is 0. The number of rotatable bonds is 3. The minimum absolute atomic E-state index is 0.264. The van der Waals surface area contributed by atoms with Crippen LogP contribution in [0.3, 0.4) is 0 Å². The number of nitrogens with zero attached hydrogens (tertiary/aromatic N) is 2. The number of nitrogens with two attached hydrogens (primary N) is 1. The van der Waals surface area contributed by atoms with Gasteiger partial charge in [-0.3, -0.25) is 0 Å². The summed E-state index contributed by atoms with van der Waals surface area (Å²) in [5.74, 6) is 0. The summed E-state index contributed by atoms with van der Waals surface area (Å²) < 4.78 is 2.39. The lowest BCUT2D eigenvalue weighted by Gasteiger charge is -2.25. The van der Waals surface area contributed by atoms with Crippen LogP contribution in [0.25, 0.3) is 0 Å². The second kappa shape index (κ2) is 4.60. The molecule has 0 saturated carbocycles. The van der Waals surface area contributed by atoms with Crippen molar-refractivity contribution >= 4 is 0 Å². The van der Waals surface area contributed by atoms with Crippen LogP contribution in [0, 0.1) is 0 Å². The lowest BCUT2D eigenvalue weighted by atomic mass is 9.93. The van der Waals surface area contributed by atoms with Crippen molar-refractivity contribution < 1.29 is 0 Å². The number of fused-ring (bicyclic) bond motifs is 1. The summed E-state index contributed by atoms with van der Waals surface area (Å²) in [5.41, 5.74) is 8.96. The Morgan fingerprint density at radius 2 is 2.31 bits per heavy atom. The summed E-state index contributed by atoms with van der Waals surface area (Å²) in [7, 11) is 4.26. The number of likely N-dealkylation sites (N-methyl/N-ethyl adjacent to an activating group) is 1. The monoisotopic (exact) mass is 221 g/mol. The molecule has 0 spiro atoms. The maximum Gasteiger partial charge on any atom is 0.0375 e. The fourth-order valence-electron chi connectivity index (χ4n) is 2.41. The molecule has 2 N–H and O–H groups in total. The van der Waals surface area contributed by atoms with E-state index in [9.17, 15) is 0 Å². The van der Waals surface area contributed by atoms with Gasteiger partial charge in [0.25, 0.3) is 0 Å². The van der Waals surface area contributed by atoms with Crippen molar-refractivity contribution in [3.05, 3.63) is 23.5 Å². The predicted octanol–water partition coefficient (Wildman–Crippen LogP) is 1.77. The van der Waals surface area contributed by atoms with Crippen LogP contribution in [0.1, 0.15) is 37.1 Å². The Balaban J connectivity index is 2.17. The van der Waals surface area contributed by atoms with E-state index in [1.54, 1.807) is 0 Å². The number of hydrogen-bond donors (Lipinski definition) is 1. The van der Waals surface area contributed by atoms with Crippen LogP contribution in [-0.4, -0.2) is 29.6 Å². The van der Waals surface area contributed by atoms with Gasteiger partial charge in [0.05, 0.1) is 0 Å². The summed E-state index contributed by atoms with van der Waals surface area (Å²) in [4.78, 5) is 2.26. The molecule has 2 unspecified atom stereocenters. The Bertz CT molecular complexity index is 354. The Morgan fingerprint density at radius 3 is 3.00 bits per heavy atom. The van der Waals surface area contributed by atoms with E-state index >= 15 is 0 Å². The van der Waals surface area contributed by atoms with E-state index < -0.39 is 0 Å². The zero-order valence-corrected chi connectivity index (χ0v) is 10.6. The van der Waals surface area contributed by atoms with Crippen LogP contribution in [0.4, 0.5) is 0 Å². The normalized spacial score (nSPS) is 22.2. The summed E-state index contributed by atoms with van der Waals surface area (Å²) in [6.07, 6.45) is 5.76. The van der Waals surface area contributed by atoms with Crippen molar-refractivity contribution in [3.63, 3.8) is 0 Å². The van der Waals surface area contributed by atoms with E-state index in [2.05, 4.69) is 42.7 Å². The fourth-order valence-corrected chi connectivity index (χ4v) is 2.41. The minimum atomic E-state index is 0.264. The zero-order chi connectivity index (χ0) is 11.7. The molecule has 0 bridgehead atoms. The van der Waals surface area contributed by atoms with Gasteiger partial charge in [-0.25, -0.2) is 0 Å². The molecular formula is C13H23N3. The third-order valence-corrected chi connectivity index (χ3v) is 3.78. The molecule has 0 aromatic carbocycles. The highest BCUT2D eigenvalue weighted by Crippen LogP contribution is 2.28. The van der Waals surface area contributed by atoms with Crippen LogP contribution in [0.5, 0.6) is 0 Å². The molecular weight excluding hydrogens is 198 g/mol. The molecule has 1 aromatic heterocycles. The van der Waals surface area contributed by atoms with Crippen molar-refractivity contribution in [2.24, 2.45) is 5.73 Å². The highest BCUT2D eigenvalue weighted by atomic mass is 15.1. The maximum absolute atomic E-state index is 6.13. The van der Waals surface area contributed by atoms with Gasteiger partial charge in [-0.15, -0.1) is 0 Å². The van der Waals surface area contributed by atoms with Gasteiger partial charge < -0.3 is 15.2 Å². The largest absolute Gasteiger partial charge is 0.350 e. The Kier molecular flexibility index (Phi) is 3.36. The first-order valence-corrected chi connectivity index (χ1v) is 6.19. The zero-order valence-electron chi connectivity index (χ0n) is 10.6. The standard InChI is InChI=1S/C13H23N3/c1-10(15(2)3)9-16-8-7-11-12(14)5-4-6-13(11)16/h7-8,10,12H,4-6,9,14H2,1-3H3. The second-order valence-electron chi connectivity index (χ2n) is 5.18. The molecule has 0 fully saturated rings. The first kappa shape index (κ1) is 11.7. The average molecular weight is 221 g/mol. The van der Waals surface area contributed by atoms with Gasteiger partial charge in [0.1, 0.15) is 0 Å². The van der Waals surface area contributed by atoms with E-state index in [-0.39, 0.29) is 6.04 Å². The quantitative estimate of drug-likeness (QED) is 0.844. The van der Waals surface area contributed by atoms with Crippen LogP contribution < -0.4 is 5.73 Å². The van der Waals surface area contributed by atoms with Gasteiger partial charge >= 0.3 is 0 Å². The topological polar surface area (TPSA) is 34.2 Å². The van der Waals surface area contributed by atoms with E-state index in [4.69, 9.17) is 5.73 Å². The van der Waals surface area contributed by atoms with Crippen LogP contribution in [0.15, 0.2) is 12.3 Å². The molecule has 1 aromatic rings. The number of hydrogen-bond acceptors (Lipinski definition) is 2. The molecule has 0 amide bonds. The molecule has 3 nitrogen and oxygen atoms in total. The van der Waals surface area contributed by atoms with Crippen molar-refractivity contribution in [1.82, 2.24) is 9.47 Å². The maximum atomic E-state index is 6.13. The van der Waals surface area contributed by atoms with E-state index in [1.165, 1.54) is 24.1 Å². The average Bonchev–Trinajstić information content (AvgIpc) is 2.63. The summed E-state index contributed by atoms with van der Waals surface area (Å²) in [6, 6.07) is 3.04. The Morgan fingerprint density at radius 1 is 1.56 bits per heavy atom. The highest BCUT2D eigenvalue weighted by molar-refractivity contribution is 5.28. The van der Waals surface area contributed by atoms with Gasteiger partial charge in [-0.05, 0) is 51.9 Å². The van der Waals surface area contributed by atoms with Gasteiger partial charge in [0.2, 0.25) is 0 Å². The van der Waals surface area contributed by atoms with Gasteiger partial charge in [0, 0.05) is 30.5 Å². The predicted molar refractivity (Wildman–Crippen MR) is 67.4 cm³/mol. The van der Waals surface area contributed by atoms with Crippen LogP contribution in [-0.2, 0) is 13.0 Å². The first-order chi connectivity index (χ1) is 7.59. The molecule has 1 heterocycles. The molecule has 2 atom stereocenters. The van der Waals surface area contributed by atoms with Gasteiger partial charge in [-0.1, -0.05) is 0 Å². The van der Waals surface area contributed by atoms with E-state index in [1.807, 2.05) is 0 Å². The molecule has 16 heavy (non-hydrogen) atoms. The molecule has 3 heteroatoms. The van der Waals surface area contributed by atoms with Crippen LogP contribution >= 0.6 is 0 Å². The third kappa shape index (κ3) is 2.15.